The molecule has 4 heterocycles. The van der Waals surface area contributed by atoms with Crippen molar-refractivity contribution in [3.05, 3.63) is 173 Å². The minimum absolute atomic E-state index is 0.0366. The Morgan fingerprint density at radius 1 is 0.508 bits per heavy atom. The van der Waals surface area contributed by atoms with Crippen LogP contribution in [0.25, 0.3) is 55.0 Å². The van der Waals surface area contributed by atoms with E-state index in [1.165, 1.54) is 106 Å². The second-order valence-corrected chi connectivity index (χ2v) is 22.4. The first-order chi connectivity index (χ1) is 31.1. The fourth-order valence-electron chi connectivity index (χ4n) is 12.5. The number of furan rings is 1. The van der Waals surface area contributed by atoms with Crippen molar-refractivity contribution in [2.75, 3.05) is 9.71 Å². The summed E-state index contributed by atoms with van der Waals surface area (Å²) in [5.41, 5.74) is 22.6. The fraction of sp³-hybridized carbons (Fsp3) is 0.246. The van der Waals surface area contributed by atoms with Crippen molar-refractivity contribution in [3.63, 3.8) is 0 Å². The molecule has 0 N–H and O–H groups in total. The lowest BCUT2D eigenvalue weighted by Gasteiger charge is -2.51. The molecule has 0 amide bonds. The quantitative estimate of drug-likeness (QED) is 0.162. The minimum atomic E-state index is -0.192. The van der Waals surface area contributed by atoms with Gasteiger partial charge in [-0.1, -0.05) is 165 Å². The lowest BCUT2D eigenvalue weighted by Crippen LogP contribution is -2.63. The summed E-state index contributed by atoms with van der Waals surface area (Å²) in [6.07, 6.45) is 2.33. The first-order valence-corrected chi connectivity index (χ1v) is 23.8. The Balaban J connectivity index is 1.21. The van der Waals surface area contributed by atoms with E-state index in [2.05, 4.69) is 218 Å². The third-order valence-electron chi connectivity index (χ3n) is 16.2. The van der Waals surface area contributed by atoms with Crippen molar-refractivity contribution >= 4 is 78.9 Å². The van der Waals surface area contributed by atoms with Crippen LogP contribution in [0.3, 0.4) is 0 Å². The highest BCUT2D eigenvalue weighted by atomic mass is 16.3. The van der Waals surface area contributed by atoms with E-state index in [1.807, 2.05) is 0 Å². The SMILES string of the molecule is CC(C)(C)c1ccc(N2c3cc4oc5cc6c(cc5c4cc3B3c4c(cc5ccccc5c42)-c2cccc4c2N3c2ccccc2C4(C)C)C(C)(C)CCC6(C)C)c(-c2ccccc2)c1. The number of nitrogens with zero attached hydrogens (tertiary/aromatic N) is 2. The summed E-state index contributed by atoms with van der Waals surface area (Å²) in [5, 5.41) is 4.87. The minimum Gasteiger partial charge on any atom is -0.456 e. The third-order valence-corrected chi connectivity index (χ3v) is 16.2. The van der Waals surface area contributed by atoms with Gasteiger partial charge in [-0.05, 0) is 121 Å². The summed E-state index contributed by atoms with van der Waals surface area (Å²) in [5.74, 6) is 0. The molecule has 0 bridgehead atoms. The van der Waals surface area contributed by atoms with Crippen LogP contribution in [0.15, 0.2) is 150 Å². The van der Waals surface area contributed by atoms with Crippen LogP contribution in [-0.4, -0.2) is 6.85 Å². The molecule has 318 valence electrons. The van der Waals surface area contributed by atoms with E-state index >= 15 is 0 Å². The van der Waals surface area contributed by atoms with Crippen LogP contribution in [0.1, 0.15) is 103 Å². The zero-order valence-corrected chi connectivity index (χ0v) is 39.2. The molecule has 0 radical (unpaired) electrons. The summed E-state index contributed by atoms with van der Waals surface area (Å²) in [6.45, 7) is 21.3. The standard InChI is InChI=1S/C61H55BN2O/c1-58(2,3)38-26-27-50(41(31-38)36-18-11-10-12-19-36)63-52-35-54-43(42-32-47-48(34-53(42)65-54)60(6,7)29-28-59(47,4)5)33-49(52)62-55-44(30-37-20-13-14-21-39(37)57(55)63)40-22-17-24-46-56(40)64(62)51-25-16-15-23-45(51)61(46,8)9/h10-27,30-35H,28-29H2,1-9H3. The molecule has 1 aliphatic carbocycles. The fourth-order valence-corrected chi connectivity index (χ4v) is 12.5. The molecule has 8 aromatic carbocycles. The van der Waals surface area contributed by atoms with Crippen molar-refractivity contribution in [1.29, 1.82) is 0 Å². The highest BCUT2D eigenvalue weighted by Gasteiger charge is 2.51. The van der Waals surface area contributed by atoms with Gasteiger partial charge in [0.25, 0.3) is 0 Å². The second-order valence-electron chi connectivity index (χ2n) is 22.4. The molecule has 0 unspecified atom stereocenters. The van der Waals surface area contributed by atoms with Gasteiger partial charge in [0.15, 0.2) is 0 Å². The Bertz CT molecular complexity index is 3530. The highest BCUT2D eigenvalue weighted by Crippen LogP contribution is 2.58. The molecule has 65 heavy (non-hydrogen) atoms. The molecular formula is C61H55BN2O. The third kappa shape index (κ3) is 5.26. The second kappa shape index (κ2) is 12.8. The largest absolute Gasteiger partial charge is 0.456 e. The van der Waals surface area contributed by atoms with Gasteiger partial charge in [-0.15, -0.1) is 0 Å². The molecule has 9 aromatic rings. The zero-order chi connectivity index (χ0) is 44.5. The molecule has 0 saturated carbocycles. The van der Waals surface area contributed by atoms with Gasteiger partial charge in [0.05, 0.1) is 11.4 Å². The average molecular weight is 843 g/mol. The summed E-state index contributed by atoms with van der Waals surface area (Å²) in [6, 6.07) is 55.9. The maximum Gasteiger partial charge on any atom is 0.333 e. The number of hydrogen-bond donors (Lipinski definition) is 0. The van der Waals surface area contributed by atoms with Crippen LogP contribution < -0.4 is 20.6 Å². The van der Waals surface area contributed by atoms with E-state index in [0.717, 1.165) is 29.0 Å². The zero-order valence-electron chi connectivity index (χ0n) is 39.2. The Hall–Kier alpha value is -6.52. The molecule has 4 aliphatic rings. The summed E-state index contributed by atoms with van der Waals surface area (Å²) >= 11 is 0. The normalized spacial score (nSPS) is 17.2. The predicted octanol–water partition coefficient (Wildman–Crippen LogP) is 15.4. The average Bonchev–Trinajstić information content (AvgIpc) is 3.65. The van der Waals surface area contributed by atoms with Crippen molar-refractivity contribution in [3.8, 4) is 22.3 Å². The molecule has 13 rings (SSSR count). The van der Waals surface area contributed by atoms with Crippen molar-refractivity contribution in [1.82, 2.24) is 0 Å². The Morgan fingerprint density at radius 2 is 1.18 bits per heavy atom. The van der Waals surface area contributed by atoms with Gasteiger partial charge in [0, 0.05) is 55.8 Å². The van der Waals surface area contributed by atoms with Crippen LogP contribution in [-0.2, 0) is 21.7 Å². The summed E-state index contributed by atoms with van der Waals surface area (Å²) < 4.78 is 7.17. The number of hydrogen-bond acceptors (Lipinski definition) is 3. The maximum atomic E-state index is 7.17. The van der Waals surface area contributed by atoms with Crippen molar-refractivity contribution in [2.24, 2.45) is 0 Å². The molecule has 4 heteroatoms. The van der Waals surface area contributed by atoms with Crippen LogP contribution >= 0.6 is 0 Å². The van der Waals surface area contributed by atoms with E-state index in [1.54, 1.807) is 0 Å². The van der Waals surface area contributed by atoms with E-state index in [9.17, 15) is 0 Å². The van der Waals surface area contributed by atoms with Gasteiger partial charge in [0.2, 0.25) is 0 Å². The monoisotopic (exact) mass is 842 g/mol. The summed E-state index contributed by atoms with van der Waals surface area (Å²) in [7, 11) is 0. The number of para-hydroxylation sites is 2. The number of fused-ring (bicyclic) bond motifs is 12. The first-order valence-electron chi connectivity index (χ1n) is 23.8. The van der Waals surface area contributed by atoms with Gasteiger partial charge in [-0.3, -0.25) is 0 Å². The van der Waals surface area contributed by atoms with Crippen LogP contribution in [0.4, 0.5) is 28.4 Å². The van der Waals surface area contributed by atoms with E-state index in [4.69, 9.17) is 4.42 Å². The molecule has 0 spiro atoms. The van der Waals surface area contributed by atoms with Gasteiger partial charge in [0.1, 0.15) is 11.2 Å². The number of anilines is 5. The topological polar surface area (TPSA) is 19.6 Å². The number of rotatable bonds is 2. The summed E-state index contributed by atoms with van der Waals surface area (Å²) in [4.78, 5) is 5.35. The smallest absolute Gasteiger partial charge is 0.333 e. The van der Waals surface area contributed by atoms with Gasteiger partial charge in [-0.25, -0.2) is 0 Å². The Morgan fingerprint density at radius 3 is 1.97 bits per heavy atom. The number of benzene rings is 8. The lowest BCUT2D eigenvalue weighted by atomic mass is 9.42. The lowest BCUT2D eigenvalue weighted by molar-refractivity contribution is 0.332. The first kappa shape index (κ1) is 38.9. The van der Waals surface area contributed by atoms with Crippen LogP contribution in [0, 0.1) is 0 Å². The Kier molecular flexibility index (Phi) is 7.69. The van der Waals surface area contributed by atoms with Gasteiger partial charge in [-0.2, -0.15) is 0 Å². The molecule has 1 aromatic heterocycles. The van der Waals surface area contributed by atoms with E-state index in [-0.39, 0.29) is 28.5 Å². The van der Waals surface area contributed by atoms with E-state index in [0.29, 0.717) is 0 Å². The molecule has 3 aliphatic heterocycles. The molecular weight excluding hydrogens is 787 g/mol. The van der Waals surface area contributed by atoms with Crippen molar-refractivity contribution in [2.45, 2.75) is 96.8 Å². The molecule has 0 fully saturated rings. The maximum absolute atomic E-state index is 7.17. The van der Waals surface area contributed by atoms with E-state index < -0.39 is 0 Å². The Labute approximate surface area is 383 Å². The molecule has 3 nitrogen and oxygen atoms in total. The molecule has 0 atom stereocenters. The molecule has 0 saturated heterocycles. The predicted molar refractivity (Wildman–Crippen MR) is 276 cm³/mol. The van der Waals surface area contributed by atoms with Gasteiger partial charge < -0.3 is 14.1 Å². The van der Waals surface area contributed by atoms with Gasteiger partial charge >= 0.3 is 6.85 Å². The van der Waals surface area contributed by atoms with Crippen LogP contribution in [0.5, 0.6) is 0 Å². The highest BCUT2D eigenvalue weighted by molar-refractivity contribution is 6.94. The van der Waals surface area contributed by atoms with Crippen molar-refractivity contribution < 1.29 is 4.42 Å². The van der Waals surface area contributed by atoms with Crippen LogP contribution in [0.2, 0.25) is 0 Å².